The van der Waals surface area contributed by atoms with E-state index in [0.29, 0.717) is 18.2 Å². The van der Waals surface area contributed by atoms with Gasteiger partial charge in [0.2, 0.25) is 5.91 Å². The first kappa shape index (κ1) is 11.7. The molecule has 0 aliphatic carbocycles. The highest BCUT2D eigenvalue weighted by Gasteiger charge is 2.18. The van der Waals surface area contributed by atoms with Gasteiger partial charge in [-0.1, -0.05) is 13.8 Å². The second-order valence-corrected chi connectivity index (χ2v) is 4.04. The van der Waals surface area contributed by atoms with E-state index in [1.165, 1.54) is 0 Å². The number of aromatic nitrogens is 2. The van der Waals surface area contributed by atoms with Crippen LogP contribution in [0.2, 0.25) is 0 Å². The molecular weight excluding hydrogens is 192 g/mol. The van der Waals surface area contributed by atoms with Crippen molar-refractivity contribution in [2.75, 3.05) is 11.9 Å². The van der Waals surface area contributed by atoms with Crippen molar-refractivity contribution in [1.29, 1.82) is 0 Å². The van der Waals surface area contributed by atoms with Gasteiger partial charge >= 0.3 is 0 Å². The van der Waals surface area contributed by atoms with E-state index >= 15 is 0 Å². The Morgan fingerprint density at radius 2 is 2.40 bits per heavy atom. The third-order valence-electron chi connectivity index (χ3n) is 2.18. The summed E-state index contributed by atoms with van der Waals surface area (Å²) in [6, 6.07) is 0. The lowest BCUT2D eigenvalue weighted by molar-refractivity contribution is -0.120. The first-order valence-corrected chi connectivity index (χ1v) is 5.13. The highest BCUT2D eigenvalue weighted by molar-refractivity contribution is 5.92. The van der Waals surface area contributed by atoms with Gasteiger partial charge in [-0.15, -0.1) is 0 Å². The summed E-state index contributed by atoms with van der Waals surface area (Å²) in [5, 5.41) is 9.15. The average molecular weight is 210 g/mol. The molecule has 5 heteroatoms. The number of H-pyrrole nitrogens is 1. The lowest BCUT2D eigenvalue weighted by Crippen LogP contribution is -2.30. The zero-order valence-electron chi connectivity index (χ0n) is 9.16. The fourth-order valence-corrected chi connectivity index (χ4v) is 1.44. The molecule has 0 fully saturated rings. The van der Waals surface area contributed by atoms with Crippen molar-refractivity contribution in [1.82, 2.24) is 10.2 Å². The highest BCUT2D eigenvalue weighted by Crippen LogP contribution is 2.13. The summed E-state index contributed by atoms with van der Waals surface area (Å²) in [7, 11) is 0. The van der Waals surface area contributed by atoms with E-state index in [4.69, 9.17) is 5.73 Å². The second kappa shape index (κ2) is 5.50. The number of carbonyl (C=O) groups excluding carboxylic acids is 1. The van der Waals surface area contributed by atoms with Crippen LogP contribution < -0.4 is 11.1 Å². The van der Waals surface area contributed by atoms with Gasteiger partial charge in [0.1, 0.15) is 0 Å². The third kappa shape index (κ3) is 3.71. The quantitative estimate of drug-likeness (QED) is 0.677. The Morgan fingerprint density at radius 3 is 2.87 bits per heavy atom. The molecule has 1 amide bonds. The summed E-state index contributed by atoms with van der Waals surface area (Å²) in [5.74, 6) is 0.307. The van der Waals surface area contributed by atoms with Crippen LogP contribution in [-0.4, -0.2) is 22.6 Å². The fourth-order valence-electron chi connectivity index (χ4n) is 1.44. The predicted molar refractivity (Wildman–Crippen MR) is 59.2 cm³/mol. The molecular formula is C10H18N4O. The van der Waals surface area contributed by atoms with Crippen molar-refractivity contribution in [3.05, 3.63) is 12.4 Å². The number of aromatic amines is 1. The van der Waals surface area contributed by atoms with Crippen LogP contribution in [-0.2, 0) is 4.79 Å². The number of nitrogens with zero attached hydrogens (tertiary/aromatic N) is 1. The van der Waals surface area contributed by atoms with E-state index in [9.17, 15) is 4.79 Å². The Kier molecular flexibility index (Phi) is 4.30. The number of amides is 1. The molecule has 1 atom stereocenters. The summed E-state index contributed by atoms with van der Waals surface area (Å²) in [5.41, 5.74) is 6.25. The van der Waals surface area contributed by atoms with E-state index in [0.717, 1.165) is 6.42 Å². The van der Waals surface area contributed by atoms with E-state index in [1.807, 2.05) is 0 Å². The summed E-state index contributed by atoms with van der Waals surface area (Å²) in [6.07, 6.45) is 4.02. The van der Waals surface area contributed by atoms with Crippen LogP contribution in [0.1, 0.15) is 20.3 Å². The van der Waals surface area contributed by atoms with Crippen molar-refractivity contribution in [2.24, 2.45) is 17.6 Å². The molecule has 0 aromatic carbocycles. The summed E-state index contributed by atoms with van der Waals surface area (Å²) in [4.78, 5) is 11.7. The standard InChI is InChI=1S/C10H18N4O/c1-7(2)3-8(4-11)10(15)14-9-5-12-13-6-9/h5-8H,3-4,11H2,1-2H3,(H,12,13)(H,14,15). The third-order valence-corrected chi connectivity index (χ3v) is 2.18. The molecule has 1 unspecified atom stereocenters. The lowest BCUT2D eigenvalue weighted by atomic mass is 9.96. The number of nitrogens with one attached hydrogen (secondary N) is 2. The Hall–Kier alpha value is -1.36. The highest BCUT2D eigenvalue weighted by atomic mass is 16.1. The van der Waals surface area contributed by atoms with Crippen LogP contribution >= 0.6 is 0 Å². The van der Waals surface area contributed by atoms with Gasteiger partial charge in [-0.25, -0.2) is 0 Å². The molecule has 0 aliphatic rings. The molecule has 0 radical (unpaired) electrons. The van der Waals surface area contributed by atoms with Crippen molar-refractivity contribution in [3.8, 4) is 0 Å². The molecule has 1 heterocycles. The van der Waals surface area contributed by atoms with Crippen LogP contribution in [0.25, 0.3) is 0 Å². The first-order chi connectivity index (χ1) is 7.13. The van der Waals surface area contributed by atoms with Crippen molar-refractivity contribution in [2.45, 2.75) is 20.3 Å². The van der Waals surface area contributed by atoms with Crippen molar-refractivity contribution in [3.63, 3.8) is 0 Å². The van der Waals surface area contributed by atoms with Crippen LogP contribution in [0.5, 0.6) is 0 Å². The van der Waals surface area contributed by atoms with Crippen LogP contribution in [0.4, 0.5) is 5.69 Å². The number of hydrogen-bond acceptors (Lipinski definition) is 3. The Morgan fingerprint density at radius 1 is 1.67 bits per heavy atom. The molecule has 15 heavy (non-hydrogen) atoms. The molecule has 0 saturated carbocycles. The van der Waals surface area contributed by atoms with Crippen LogP contribution in [0.3, 0.4) is 0 Å². The Bertz CT molecular complexity index is 294. The lowest BCUT2D eigenvalue weighted by Gasteiger charge is -2.15. The number of anilines is 1. The van der Waals surface area contributed by atoms with Crippen molar-refractivity contribution >= 4 is 11.6 Å². The van der Waals surface area contributed by atoms with E-state index in [2.05, 4.69) is 29.4 Å². The molecule has 0 saturated heterocycles. The van der Waals surface area contributed by atoms with Gasteiger partial charge in [0.15, 0.2) is 0 Å². The summed E-state index contributed by atoms with van der Waals surface area (Å²) >= 11 is 0. The minimum Gasteiger partial charge on any atom is -0.330 e. The molecule has 84 valence electrons. The molecule has 1 rings (SSSR count). The zero-order valence-corrected chi connectivity index (χ0v) is 9.16. The van der Waals surface area contributed by atoms with Gasteiger partial charge in [-0.3, -0.25) is 9.89 Å². The smallest absolute Gasteiger partial charge is 0.228 e. The average Bonchev–Trinajstić information content (AvgIpc) is 2.66. The van der Waals surface area contributed by atoms with Crippen molar-refractivity contribution < 1.29 is 4.79 Å². The Labute approximate surface area is 89.4 Å². The van der Waals surface area contributed by atoms with Gasteiger partial charge in [-0.05, 0) is 12.3 Å². The first-order valence-electron chi connectivity index (χ1n) is 5.13. The van der Waals surface area contributed by atoms with Gasteiger partial charge < -0.3 is 11.1 Å². The summed E-state index contributed by atoms with van der Waals surface area (Å²) in [6.45, 7) is 4.53. The van der Waals surface area contributed by atoms with Crippen LogP contribution in [0, 0.1) is 11.8 Å². The number of carbonyl (C=O) groups is 1. The predicted octanol–water partition coefficient (Wildman–Crippen LogP) is 0.969. The van der Waals surface area contributed by atoms with Crippen LogP contribution in [0.15, 0.2) is 12.4 Å². The van der Waals surface area contributed by atoms with E-state index in [1.54, 1.807) is 12.4 Å². The fraction of sp³-hybridized carbons (Fsp3) is 0.600. The number of hydrogen-bond donors (Lipinski definition) is 3. The molecule has 0 spiro atoms. The SMILES string of the molecule is CC(C)CC(CN)C(=O)Nc1cn[nH]c1. The minimum absolute atomic E-state index is 0.0346. The molecule has 0 aliphatic heterocycles. The monoisotopic (exact) mass is 210 g/mol. The molecule has 1 aromatic heterocycles. The minimum atomic E-state index is -0.125. The molecule has 1 aromatic rings. The topological polar surface area (TPSA) is 83.8 Å². The largest absolute Gasteiger partial charge is 0.330 e. The maximum absolute atomic E-state index is 11.7. The molecule has 4 N–H and O–H groups in total. The zero-order chi connectivity index (χ0) is 11.3. The van der Waals surface area contributed by atoms with Gasteiger partial charge in [0.05, 0.1) is 17.8 Å². The second-order valence-electron chi connectivity index (χ2n) is 4.04. The van der Waals surface area contributed by atoms with E-state index in [-0.39, 0.29) is 11.8 Å². The maximum atomic E-state index is 11.7. The van der Waals surface area contributed by atoms with E-state index < -0.39 is 0 Å². The normalized spacial score (nSPS) is 12.8. The maximum Gasteiger partial charge on any atom is 0.228 e. The van der Waals surface area contributed by atoms with Gasteiger partial charge in [0, 0.05) is 12.7 Å². The Balaban J connectivity index is 2.50. The van der Waals surface area contributed by atoms with Gasteiger partial charge in [0.25, 0.3) is 0 Å². The van der Waals surface area contributed by atoms with Gasteiger partial charge in [-0.2, -0.15) is 5.10 Å². The summed E-state index contributed by atoms with van der Waals surface area (Å²) < 4.78 is 0. The number of nitrogens with two attached hydrogens (primary N) is 1. The number of rotatable bonds is 5. The molecule has 5 nitrogen and oxygen atoms in total. The molecule has 0 bridgehead atoms.